The van der Waals surface area contributed by atoms with Crippen LogP contribution in [0.3, 0.4) is 0 Å². The molecule has 4 heterocycles. The molecule has 11 nitrogen and oxygen atoms in total. The van der Waals surface area contributed by atoms with Gasteiger partial charge in [0.05, 0.1) is 5.56 Å². The van der Waals surface area contributed by atoms with Gasteiger partial charge in [-0.2, -0.15) is 0 Å². The molecule has 2 atom stereocenters. The molecule has 1 saturated heterocycles. The minimum atomic E-state index is -0.596. The number of amides is 2. The van der Waals surface area contributed by atoms with E-state index in [9.17, 15) is 9.59 Å². The van der Waals surface area contributed by atoms with E-state index < -0.39 is 6.04 Å². The van der Waals surface area contributed by atoms with Crippen LogP contribution in [0.25, 0.3) is 22.6 Å². The number of carbonyl (C=O) groups is 2. The van der Waals surface area contributed by atoms with Crippen molar-refractivity contribution in [2.24, 2.45) is 5.92 Å². The maximum Gasteiger partial charge on any atom is 0.242 e. The predicted octanol–water partition coefficient (Wildman–Crippen LogP) is 1.15. The van der Waals surface area contributed by atoms with E-state index in [0.29, 0.717) is 48.1 Å². The van der Waals surface area contributed by atoms with Crippen LogP contribution >= 0.6 is 0 Å². The summed E-state index contributed by atoms with van der Waals surface area (Å²) >= 11 is 0. The smallest absolute Gasteiger partial charge is 0.242 e. The summed E-state index contributed by atoms with van der Waals surface area (Å²) in [5.41, 5.74) is 2.08. The van der Waals surface area contributed by atoms with Crippen molar-refractivity contribution in [1.29, 1.82) is 0 Å². The Morgan fingerprint density at radius 1 is 1.21 bits per heavy atom. The van der Waals surface area contributed by atoms with Crippen molar-refractivity contribution in [3.63, 3.8) is 0 Å². The van der Waals surface area contributed by atoms with Gasteiger partial charge in [-0.25, -0.2) is 24.9 Å². The van der Waals surface area contributed by atoms with Crippen LogP contribution in [0.1, 0.15) is 33.4 Å². The summed E-state index contributed by atoms with van der Waals surface area (Å²) in [5.74, 6) is 1.66. The van der Waals surface area contributed by atoms with Crippen LogP contribution in [-0.2, 0) is 16.1 Å². The van der Waals surface area contributed by atoms with E-state index in [1.54, 1.807) is 17.3 Å². The van der Waals surface area contributed by atoms with Gasteiger partial charge < -0.3 is 20.1 Å². The number of aromatic nitrogens is 6. The van der Waals surface area contributed by atoms with Crippen LogP contribution in [0.2, 0.25) is 0 Å². The average molecular weight is 451 g/mol. The van der Waals surface area contributed by atoms with Gasteiger partial charge in [-0.05, 0) is 33.1 Å². The van der Waals surface area contributed by atoms with E-state index in [0.717, 1.165) is 18.4 Å². The molecule has 33 heavy (non-hydrogen) atoms. The first-order chi connectivity index (χ1) is 16.5. The standard InChI is InChI=1S/C22H27N9O2/c1-4-30-19(14-8-24-12(2)25-9-14)29-17-18(26-11-27-20(17)30)28-15-7-16(21(32)23-3)31(10-15)22(33)13-5-6-13/h8-9,11,13,15-16H,4-7,10H2,1-3H3,(H,23,32)(H,26,27,28)/t15-,16-/m0/s1/i3D. The number of anilines is 1. The number of likely N-dealkylation sites (tertiary alicyclic amines) is 1. The molecule has 172 valence electrons. The van der Waals surface area contributed by atoms with E-state index in [1.807, 2.05) is 18.4 Å². The molecule has 2 amide bonds. The molecule has 2 N–H and O–H groups in total. The number of imidazole rings is 1. The zero-order valence-corrected chi connectivity index (χ0v) is 18.7. The van der Waals surface area contributed by atoms with Crippen LogP contribution in [0, 0.1) is 12.8 Å². The SMILES string of the molecule is [2H]CNC(=O)[C@@H]1C[C@H](Nc2ncnc3c2nc(-c2cnc(C)nc2)n3CC)CN1C(=O)C1CC1. The zero-order chi connectivity index (χ0) is 23.8. The maximum atomic E-state index is 12.8. The Kier molecular flexibility index (Phi) is 5.08. The molecular weight excluding hydrogens is 422 g/mol. The van der Waals surface area contributed by atoms with Gasteiger partial charge in [0.25, 0.3) is 0 Å². The molecular formula is C22H27N9O2. The monoisotopic (exact) mass is 450 g/mol. The Morgan fingerprint density at radius 2 is 2.00 bits per heavy atom. The van der Waals surface area contributed by atoms with E-state index in [2.05, 4.69) is 30.6 Å². The van der Waals surface area contributed by atoms with Crippen LogP contribution in [-0.4, -0.2) is 71.9 Å². The first-order valence-corrected chi connectivity index (χ1v) is 11.1. The summed E-state index contributed by atoms with van der Waals surface area (Å²) in [6.07, 6.45) is 7.14. The normalized spacial score (nSPS) is 20.7. The summed E-state index contributed by atoms with van der Waals surface area (Å²) in [6, 6.07) is -0.776. The molecule has 2 fully saturated rings. The van der Waals surface area contributed by atoms with Crippen molar-refractivity contribution < 1.29 is 11.0 Å². The highest BCUT2D eigenvalue weighted by Gasteiger charge is 2.44. The highest BCUT2D eigenvalue weighted by atomic mass is 16.2. The molecule has 0 aromatic carbocycles. The fourth-order valence-corrected chi connectivity index (χ4v) is 4.38. The predicted molar refractivity (Wildman–Crippen MR) is 121 cm³/mol. The third kappa shape index (κ3) is 3.87. The quantitative estimate of drug-likeness (QED) is 0.572. The van der Waals surface area contributed by atoms with Gasteiger partial charge in [0.2, 0.25) is 11.8 Å². The first-order valence-electron chi connectivity index (χ1n) is 11.8. The van der Waals surface area contributed by atoms with Crippen LogP contribution in [0.4, 0.5) is 5.82 Å². The van der Waals surface area contributed by atoms with Crippen molar-refractivity contribution in [1.82, 2.24) is 39.7 Å². The molecule has 1 aliphatic heterocycles. The van der Waals surface area contributed by atoms with E-state index in [4.69, 9.17) is 6.35 Å². The summed E-state index contributed by atoms with van der Waals surface area (Å²) < 4.78 is 9.31. The second-order valence-electron chi connectivity index (χ2n) is 8.49. The van der Waals surface area contributed by atoms with E-state index in [-0.39, 0.29) is 30.8 Å². The lowest BCUT2D eigenvalue weighted by Crippen LogP contribution is -2.45. The average Bonchev–Trinajstić information content (AvgIpc) is 3.49. The zero-order valence-electron chi connectivity index (χ0n) is 19.7. The Bertz CT molecular complexity index is 1230. The molecule has 3 aromatic heterocycles. The Hall–Kier alpha value is -3.63. The van der Waals surface area contributed by atoms with E-state index in [1.165, 1.54) is 6.33 Å². The fourth-order valence-electron chi connectivity index (χ4n) is 4.38. The van der Waals surface area contributed by atoms with Crippen LogP contribution in [0.15, 0.2) is 18.7 Å². The minimum absolute atomic E-state index is 0.00958. The molecule has 0 spiro atoms. The number of aryl methyl sites for hydroxylation is 2. The largest absolute Gasteiger partial charge is 0.363 e. The number of nitrogens with zero attached hydrogens (tertiary/aromatic N) is 7. The third-order valence-electron chi connectivity index (χ3n) is 6.22. The van der Waals surface area contributed by atoms with Gasteiger partial charge in [0.15, 0.2) is 17.0 Å². The first kappa shape index (κ1) is 20.0. The van der Waals surface area contributed by atoms with Gasteiger partial charge in [-0.15, -0.1) is 0 Å². The lowest BCUT2D eigenvalue weighted by atomic mass is 10.1. The minimum Gasteiger partial charge on any atom is -0.363 e. The van der Waals surface area contributed by atoms with Gasteiger partial charge in [-0.1, -0.05) is 0 Å². The summed E-state index contributed by atoms with van der Waals surface area (Å²) in [5, 5.41) is 5.94. The number of hydrogen-bond donors (Lipinski definition) is 2. The van der Waals surface area contributed by atoms with Gasteiger partial charge in [-0.3, -0.25) is 9.59 Å². The highest BCUT2D eigenvalue weighted by molar-refractivity contribution is 5.90. The second-order valence-corrected chi connectivity index (χ2v) is 8.49. The maximum absolute atomic E-state index is 12.8. The molecule has 5 rings (SSSR count). The molecule has 2 aliphatic rings. The summed E-state index contributed by atoms with van der Waals surface area (Å²) in [4.78, 5) is 49.3. The van der Waals surface area contributed by atoms with Crippen molar-refractivity contribution in [2.45, 2.75) is 51.7 Å². The van der Waals surface area contributed by atoms with Crippen LogP contribution < -0.4 is 10.6 Å². The number of fused-ring (bicyclic) bond motifs is 1. The molecule has 0 radical (unpaired) electrons. The number of carbonyl (C=O) groups excluding carboxylic acids is 2. The molecule has 11 heteroatoms. The van der Waals surface area contributed by atoms with Crippen LogP contribution in [0.5, 0.6) is 0 Å². The third-order valence-corrected chi connectivity index (χ3v) is 6.22. The number of rotatable bonds is 6. The topological polar surface area (TPSA) is 131 Å². The molecule has 1 aliphatic carbocycles. The number of hydrogen-bond acceptors (Lipinski definition) is 8. The number of likely N-dealkylation sites (N-methyl/N-ethyl adjacent to an activating group) is 1. The van der Waals surface area contributed by atoms with E-state index >= 15 is 0 Å². The molecule has 1 saturated carbocycles. The van der Waals surface area contributed by atoms with Crippen molar-refractivity contribution in [3.8, 4) is 11.4 Å². The van der Waals surface area contributed by atoms with Gasteiger partial charge in [0, 0.05) is 45.8 Å². The van der Waals surface area contributed by atoms with Gasteiger partial charge in [0.1, 0.15) is 24.0 Å². The van der Waals surface area contributed by atoms with Crippen molar-refractivity contribution in [2.75, 3.05) is 18.9 Å². The molecule has 0 bridgehead atoms. The Morgan fingerprint density at radius 3 is 2.70 bits per heavy atom. The lowest BCUT2D eigenvalue weighted by molar-refractivity contribution is -0.139. The fraction of sp³-hybridized carbons (Fsp3) is 0.500. The van der Waals surface area contributed by atoms with Gasteiger partial charge >= 0.3 is 0 Å². The highest BCUT2D eigenvalue weighted by Crippen LogP contribution is 2.35. The number of nitrogens with one attached hydrogen (secondary N) is 2. The summed E-state index contributed by atoms with van der Waals surface area (Å²) in [6.45, 7) is 4.89. The lowest BCUT2D eigenvalue weighted by Gasteiger charge is -2.23. The summed E-state index contributed by atoms with van der Waals surface area (Å²) in [7, 11) is -0.217. The Balaban J connectivity index is 1.45. The second kappa shape index (κ2) is 8.38. The Labute approximate surface area is 192 Å². The van der Waals surface area contributed by atoms with Crippen molar-refractivity contribution in [3.05, 3.63) is 24.5 Å². The van der Waals surface area contributed by atoms with Crippen molar-refractivity contribution >= 4 is 28.8 Å². The molecule has 0 unspecified atom stereocenters. The molecule has 3 aromatic rings.